The van der Waals surface area contributed by atoms with Crippen LogP contribution in [-0.4, -0.2) is 24.4 Å². The van der Waals surface area contributed by atoms with Gasteiger partial charge in [0.05, 0.1) is 18.7 Å². The number of nitrogens with zero attached hydrogens (tertiary/aromatic N) is 1. The number of benzene rings is 2. The Bertz CT molecular complexity index is 1020. The third-order valence-electron chi connectivity index (χ3n) is 6.17. The summed E-state index contributed by atoms with van der Waals surface area (Å²) in [6.45, 7) is 1.89. The van der Waals surface area contributed by atoms with Crippen molar-refractivity contribution in [3.05, 3.63) is 64.5 Å². The summed E-state index contributed by atoms with van der Waals surface area (Å²) in [5, 5.41) is 8.81. The molecular weight excluding hydrogens is 438 g/mol. The average molecular weight is 465 g/mol. The summed E-state index contributed by atoms with van der Waals surface area (Å²) in [6, 6.07) is 8.67. The first-order valence-electron chi connectivity index (χ1n) is 10.9. The molecule has 0 bridgehead atoms. The lowest BCUT2D eigenvalue weighted by Crippen LogP contribution is -2.12. The lowest BCUT2D eigenvalue weighted by Gasteiger charge is -2.17. The van der Waals surface area contributed by atoms with Gasteiger partial charge in [0.25, 0.3) is 0 Å². The van der Waals surface area contributed by atoms with E-state index in [1.54, 1.807) is 18.2 Å². The number of carbonyl (C=O) groups is 1. The van der Waals surface area contributed by atoms with Crippen LogP contribution in [-0.2, 0) is 17.4 Å². The van der Waals surface area contributed by atoms with Gasteiger partial charge in [0.2, 0.25) is 0 Å². The van der Waals surface area contributed by atoms with Gasteiger partial charge in [0.1, 0.15) is 0 Å². The third kappa shape index (κ3) is 6.33. The lowest BCUT2D eigenvalue weighted by molar-refractivity contribution is -0.140. The van der Waals surface area contributed by atoms with Crippen LogP contribution >= 0.6 is 0 Å². The van der Waals surface area contributed by atoms with Crippen LogP contribution in [0.5, 0.6) is 5.75 Å². The predicted molar refractivity (Wildman–Crippen MR) is 117 cm³/mol. The van der Waals surface area contributed by atoms with Gasteiger partial charge < -0.3 is 9.84 Å². The van der Waals surface area contributed by atoms with Gasteiger partial charge in [-0.3, -0.25) is 9.79 Å². The summed E-state index contributed by atoms with van der Waals surface area (Å²) >= 11 is 0. The van der Waals surface area contributed by atoms with E-state index >= 15 is 0 Å². The zero-order valence-electron chi connectivity index (χ0n) is 18.5. The molecule has 0 aromatic heterocycles. The van der Waals surface area contributed by atoms with Crippen molar-refractivity contribution in [3.63, 3.8) is 0 Å². The van der Waals surface area contributed by atoms with Gasteiger partial charge in [-0.05, 0) is 79.3 Å². The van der Waals surface area contributed by atoms with Crippen LogP contribution in [0.15, 0.2) is 41.4 Å². The van der Waals surface area contributed by atoms with Crippen molar-refractivity contribution < 1.29 is 32.2 Å². The molecule has 33 heavy (non-hydrogen) atoms. The Morgan fingerprint density at radius 2 is 2.00 bits per heavy atom. The normalized spacial score (nSPS) is 19.7. The first kappa shape index (κ1) is 24.7. The third-order valence-corrected chi connectivity index (χ3v) is 6.17. The minimum absolute atomic E-state index is 0.00769. The number of methoxy groups -OCH3 is 1. The summed E-state index contributed by atoms with van der Waals surface area (Å²) in [5.41, 5.74) is 0.685. The number of ether oxygens (including phenoxy) is 1. The highest BCUT2D eigenvalue weighted by Crippen LogP contribution is 2.41. The molecule has 2 unspecified atom stereocenters. The summed E-state index contributed by atoms with van der Waals surface area (Å²) in [7, 11) is 1.40. The molecule has 0 saturated heterocycles. The zero-order chi connectivity index (χ0) is 24.2. The van der Waals surface area contributed by atoms with E-state index in [0.29, 0.717) is 12.0 Å². The first-order valence-corrected chi connectivity index (χ1v) is 10.9. The maximum absolute atomic E-state index is 13.6. The molecule has 1 N–H and O–H groups in total. The van der Waals surface area contributed by atoms with Gasteiger partial charge in [-0.15, -0.1) is 0 Å². The highest BCUT2D eigenvalue weighted by Gasteiger charge is 2.35. The Balaban J connectivity index is 1.69. The molecule has 2 aromatic rings. The van der Waals surface area contributed by atoms with Gasteiger partial charge in [-0.1, -0.05) is 18.2 Å². The van der Waals surface area contributed by atoms with E-state index < -0.39 is 23.5 Å². The fourth-order valence-electron chi connectivity index (χ4n) is 4.30. The molecule has 1 aliphatic rings. The Hall–Kier alpha value is -2.90. The Morgan fingerprint density at radius 1 is 1.24 bits per heavy atom. The van der Waals surface area contributed by atoms with Gasteiger partial charge in [0, 0.05) is 12.6 Å². The zero-order valence-corrected chi connectivity index (χ0v) is 18.5. The number of carboxylic acids is 1. The molecule has 3 rings (SSSR count). The molecule has 178 valence electrons. The number of halogens is 4. The van der Waals surface area contributed by atoms with Crippen molar-refractivity contribution in [1.29, 1.82) is 0 Å². The van der Waals surface area contributed by atoms with Crippen molar-refractivity contribution in [2.75, 3.05) is 7.11 Å². The van der Waals surface area contributed by atoms with Crippen molar-refractivity contribution >= 4 is 12.2 Å². The van der Waals surface area contributed by atoms with Gasteiger partial charge in [-0.2, -0.15) is 13.2 Å². The van der Waals surface area contributed by atoms with Crippen LogP contribution in [0.1, 0.15) is 66.8 Å². The van der Waals surface area contributed by atoms with E-state index in [9.17, 15) is 22.4 Å². The van der Waals surface area contributed by atoms with Gasteiger partial charge >= 0.3 is 12.1 Å². The number of carboxylic acid groups (broad SMARTS) is 1. The average Bonchev–Trinajstić information content (AvgIpc) is 3.24. The van der Waals surface area contributed by atoms with E-state index in [4.69, 9.17) is 9.84 Å². The standard InChI is InChI=1S/C25H27F4NO3/c1-15(18-7-9-22(26)23(13-18)33-2)30-14-16-3-4-19(11-16)20-6-5-17(8-10-24(31)32)21(12-20)25(27,28)29/h5-7,9,12-16,19H,3-4,8,10-11H2,1-2H3,(H,31,32)/t15?,16?,19-/m0/s1. The molecule has 1 aliphatic carbocycles. The SMILES string of the molecule is COc1cc(C(C)N=CC2CC[C@H](c3ccc(CCC(=O)O)c(C(F)(F)F)c3)C2)ccc1F. The molecule has 4 nitrogen and oxygen atoms in total. The molecule has 0 radical (unpaired) electrons. The van der Waals surface area contributed by atoms with E-state index in [1.807, 2.05) is 13.1 Å². The number of alkyl halides is 3. The number of rotatable bonds is 8. The topological polar surface area (TPSA) is 58.9 Å². The van der Waals surface area contributed by atoms with E-state index in [2.05, 4.69) is 4.99 Å². The maximum Gasteiger partial charge on any atom is 0.416 e. The number of aryl methyl sites for hydroxylation is 1. The lowest BCUT2D eigenvalue weighted by atomic mass is 9.91. The van der Waals surface area contributed by atoms with Crippen molar-refractivity contribution in [3.8, 4) is 5.75 Å². The molecular formula is C25H27F4NO3. The predicted octanol–water partition coefficient (Wildman–Crippen LogP) is 6.59. The number of aliphatic carboxylic acids is 1. The van der Waals surface area contributed by atoms with Crippen molar-refractivity contribution in [1.82, 2.24) is 0 Å². The van der Waals surface area contributed by atoms with Crippen LogP contribution in [0, 0.1) is 11.7 Å². The van der Waals surface area contributed by atoms with Crippen LogP contribution in [0.4, 0.5) is 17.6 Å². The molecule has 1 fully saturated rings. The Morgan fingerprint density at radius 3 is 2.67 bits per heavy atom. The molecule has 2 aromatic carbocycles. The largest absolute Gasteiger partial charge is 0.494 e. The van der Waals surface area contributed by atoms with Crippen LogP contribution in [0.3, 0.4) is 0 Å². The number of aliphatic imine (C=N–C) groups is 1. The fourth-order valence-corrected chi connectivity index (χ4v) is 4.30. The summed E-state index contributed by atoms with van der Waals surface area (Å²) < 4.78 is 59.3. The summed E-state index contributed by atoms with van der Waals surface area (Å²) in [6.07, 6.45) is -0.925. The quantitative estimate of drug-likeness (QED) is 0.354. The summed E-state index contributed by atoms with van der Waals surface area (Å²) in [5.74, 6) is -1.29. The second-order valence-corrected chi connectivity index (χ2v) is 8.45. The summed E-state index contributed by atoms with van der Waals surface area (Å²) in [4.78, 5) is 15.4. The highest BCUT2D eigenvalue weighted by atomic mass is 19.4. The molecule has 0 aliphatic heterocycles. The van der Waals surface area contributed by atoms with Crippen LogP contribution < -0.4 is 4.74 Å². The smallest absolute Gasteiger partial charge is 0.416 e. The molecule has 1 saturated carbocycles. The minimum Gasteiger partial charge on any atom is -0.494 e. The second kappa shape index (κ2) is 10.4. The Kier molecular flexibility index (Phi) is 7.76. The molecule has 0 amide bonds. The second-order valence-electron chi connectivity index (χ2n) is 8.45. The Labute approximate surface area is 190 Å². The van der Waals surface area contributed by atoms with E-state index in [1.165, 1.54) is 25.3 Å². The van der Waals surface area contributed by atoms with E-state index in [-0.39, 0.29) is 42.0 Å². The van der Waals surface area contributed by atoms with E-state index in [0.717, 1.165) is 18.4 Å². The van der Waals surface area contributed by atoms with Gasteiger partial charge in [-0.25, -0.2) is 4.39 Å². The number of hydrogen-bond acceptors (Lipinski definition) is 3. The monoisotopic (exact) mass is 465 g/mol. The minimum atomic E-state index is -4.53. The fraction of sp³-hybridized carbons (Fsp3) is 0.440. The molecule has 0 spiro atoms. The maximum atomic E-state index is 13.6. The van der Waals surface area contributed by atoms with Crippen LogP contribution in [0.25, 0.3) is 0 Å². The first-order chi connectivity index (χ1) is 15.6. The molecule has 8 heteroatoms. The molecule has 0 heterocycles. The van der Waals surface area contributed by atoms with Crippen molar-refractivity contribution in [2.45, 2.75) is 57.2 Å². The number of hydrogen-bond donors (Lipinski definition) is 1. The van der Waals surface area contributed by atoms with Gasteiger partial charge in [0.15, 0.2) is 11.6 Å². The van der Waals surface area contributed by atoms with Crippen molar-refractivity contribution in [2.24, 2.45) is 10.9 Å². The highest BCUT2D eigenvalue weighted by molar-refractivity contribution is 5.67. The van der Waals surface area contributed by atoms with Crippen LogP contribution in [0.2, 0.25) is 0 Å². The molecule has 3 atom stereocenters.